The minimum atomic E-state index is -0.410. The van der Waals surface area contributed by atoms with Gasteiger partial charge in [-0.3, -0.25) is 18.7 Å². The molecule has 1 amide bonds. The first-order valence-electron chi connectivity index (χ1n) is 8.85. The van der Waals surface area contributed by atoms with E-state index in [9.17, 15) is 14.4 Å². The van der Waals surface area contributed by atoms with Gasteiger partial charge in [0.2, 0.25) is 5.91 Å². The van der Waals surface area contributed by atoms with Gasteiger partial charge in [0, 0.05) is 27.1 Å². The Balaban J connectivity index is 1.65. The van der Waals surface area contributed by atoms with Crippen molar-refractivity contribution in [3.8, 4) is 0 Å². The Kier molecular flexibility index (Phi) is 5.25. The number of imidazole rings is 1. The van der Waals surface area contributed by atoms with Gasteiger partial charge in [-0.25, -0.2) is 9.78 Å². The lowest BCUT2D eigenvalue weighted by molar-refractivity contribution is -0.121. The third-order valence-corrected chi connectivity index (χ3v) is 4.70. The summed E-state index contributed by atoms with van der Waals surface area (Å²) < 4.78 is 4.11. The normalized spacial score (nSPS) is 12.3. The minimum absolute atomic E-state index is 0.0453. The van der Waals surface area contributed by atoms with E-state index < -0.39 is 5.69 Å². The lowest BCUT2D eigenvalue weighted by Gasteiger charge is -2.14. The Labute approximate surface area is 156 Å². The van der Waals surface area contributed by atoms with Gasteiger partial charge < -0.3 is 9.88 Å². The molecule has 2 heterocycles. The van der Waals surface area contributed by atoms with Crippen molar-refractivity contribution >= 4 is 17.1 Å². The van der Waals surface area contributed by atoms with Crippen LogP contribution in [0.5, 0.6) is 0 Å². The maximum atomic E-state index is 12.4. The number of hydrogen-bond donors (Lipinski definition) is 1. The number of hydrogen-bond acceptors (Lipinski definition) is 4. The monoisotopic (exact) mass is 369 g/mol. The second-order valence-corrected chi connectivity index (χ2v) is 6.62. The third-order valence-electron chi connectivity index (χ3n) is 4.70. The molecule has 0 spiro atoms. The highest BCUT2D eigenvalue weighted by molar-refractivity contribution is 5.76. The largest absolute Gasteiger partial charge is 0.350 e. The average molecular weight is 369 g/mol. The molecular formula is C19H23N5O3. The number of rotatable bonds is 6. The molecule has 0 saturated carbocycles. The molecule has 1 aromatic carbocycles. The van der Waals surface area contributed by atoms with E-state index in [1.807, 2.05) is 37.3 Å². The van der Waals surface area contributed by atoms with Crippen molar-refractivity contribution in [3.63, 3.8) is 0 Å². The number of aromatic nitrogens is 4. The first kappa shape index (κ1) is 18.6. The molecule has 0 aliphatic carbocycles. The Hall–Kier alpha value is -3.16. The highest BCUT2D eigenvalue weighted by Gasteiger charge is 2.14. The van der Waals surface area contributed by atoms with Crippen molar-refractivity contribution < 1.29 is 4.79 Å². The van der Waals surface area contributed by atoms with E-state index in [2.05, 4.69) is 10.3 Å². The number of fused-ring (bicyclic) bond motifs is 1. The van der Waals surface area contributed by atoms with Crippen LogP contribution in [0, 0.1) is 0 Å². The summed E-state index contributed by atoms with van der Waals surface area (Å²) in [6.45, 7) is 2.41. The van der Waals surface area contributed by atoms with Crippen LogP contribution >= 0.6 is 0 Å². The van der Waals surface area contributed by atoms with Crippen LogP contribution in [0.15, 0.2) is 46.2 Å². The topological polar surface area (TPSA) is 90.9 Å². The number of carbonyl (C=O) groups excluding carboxylic acids is 1. The van der Waals surface area contributed by atoms with E-state index in [0.29, 0.717) is 30.6 Å². The highest BCUT2D eigenvalue weighted by Crippen LogP contribution is 2.12. The van der Waals surface area contributed by atoms with Gasteiger partial charge in [-0.2, -0.15) is 0 Å². The zero-order valence-corrected chi connectivity index (χ0v) is 15.7. The van der Waals surface area contributed by atoms with Gasteiger partial charge in [0.25, 0.3) is 5.56 Å². The first-order chi connectivity index (χ1) is 12.9. The summed E-state index contributed by atoms with van der Waals surface area (Å²) in [5.74, 6) is -0.0453. The molecule has 8 heteroatoms. The summed E-state index contributed by atoms with van der Waals surface area (Å²) >= 11 is 0. The number of nitrogens with zero attached hydrogens (tertiary/aromatic N) is 4. The minimum Gasteiger partial charge on any atom is -0.350 e. The number of amides is 1. The maximum Gasteiger partial charge on any atom is 0.332 e. The van der Waals surface area contributed by atoms with E-state index in [4.69, 9.17) is 0 Å². The molecule has 0 aliphatic rings. The van der Waals surface area contributed by atoms with E-state index in [0.717, 1.165) is 10.1 Å². The Morgan fingerprint density at radius 1 is 1.15 bits per heavy atom. The Morgan fingerprint density at radius 3 is 2.56 bits per heavy atom. The molecule has 0 fully saturated rings. The van der Waals surface area contributed by atoms with Crippen molar-refractivity contribution in [1.82, 2.24) is 24.0 Å². The fraction of sp³-hybridized carbons (Fsp3) is 0.368. The Morgan fingerprint density at radius 2 is 1.85 bits per heavy atom. The molecule has 1 atom stereocenters. The number of nitrogens with one attached hydrogen (secondary N) is 1. The number of benzene rings is 1. The molecule has 8 nitrogen and oxygen atoms in total. The van der Waals surface area contributed by atoms with Crippen LogP contribution in [-0.2, 0) is 25.4 Å². The van der Waals surface area contributed by atoms with Crippen LogP contribution in [0.2, 0.25) is 0 Å². The molecule has 3 aromatic rings. The fourth-order valence-electron chi connectivity index (χ4n) is 3.12. The van der Waals surface area contributed by atoms with Crippen LogP contribution in [0.3, 0.4) is 0 Å². The number of aryl methyl sites for hydroxylation is 2. The first-order valence-corrected chi connectivity index (χ1v) is 8.85. The summed E-state index contributed by atoms with van der Waals surface area (Å²) in [5.41, 5.74) is 0.985. The van der Waals surface area contributed by atoms with Crippen LogP contribution < -0.4 is 16.6 Å². The quantitative estimate of drug-likeness (QED) is 0.704. The lowest BCUT2D eigenvalue weighted by Crippen LogP contribution is -2.37. The molecule has 0 saturated heterocycles. The van der Waals surface area contributed by atoms with Crippen LogP contribution in [0.25, 0.3) is 11.2 Å². The van der Waals surface area contributed by atoms with Crippen LogP contribution in [0.1, 0.15) is 31.4 Å². The van der Waals surface area contributed by atoms with Gasteiger partial charge in [0.15, 0.2) is 11.2 Å². The van der Waals surface area contributed by atoms with E-state index in [-0.39, 0.29) is 17.5 Å². The highest BCUT2D eigenvalue weighted by atomic mass is 16.2. The van der Waals surface area contributed by atoms with Gasteiger partial charge in [0.05, 0.1) is 12.4 Å². The van der Waals surface area contributed by atoms with Crippen molar-refractivity contribution in [2.45, 2.75) is 32.4 Å². The standard InChI is InChI=1S/C19H23N5O3/c1-13(14-8-5-4-6-9-14)21-15(25)10-7-11-24-12-20-17-16(24)18(26)23(3)19(27)22(17)2/h4-6,8-9,12-13H,7,10-11H2,1-3H3,(H,21,25)/t13-/m1/s1. The van der Waals surface area contributed by atoms with Crippen molar-refractivity contribution in [2.75, 3.05) is 0 Å². The second kappa shape index (κ2) is 7.61. The van der Waals surface area contributed by atoms with Crippen molar-refractivity contribution in [1.29, 1.82) is 0 Å². The molecule has 0 unspecified atom stereocenters. The predicted molar refractivity (Wildman–Crippen MR) is 102 cm³/mol. The van der Waals surface area contributed by atoms with Crippen molar-refractivity contribution in [2.24, 2.45) is 14.1 Å². The number of carbonyl (C=O) groups is 1. The van der Waals surface area contributed by atoms with Gasteiger partial charge in [-0.05, 0) is 18.9 Å². The van der Waals surface area contributed by atoms with Crippen LogP contribution in [-0.4, -0.2) is 24.6 Å². The summed E-state index contributed by atoms with van der Waals surface area (Å²) in [7, 11) is 3.03. The fourth-order valence-corrected chi connectivity index (χ4v) is 3.12. The molecule has 142 valence electrons. The molecule has 0 aliphatic heterocycles. The summed E-state index contributed by atoms with van der Waals surface area (Å²) in [6.07, 6.45) is 2.43. The van der Waals surface area contributed by atoms with Gasteiger partial charge in [0.1, 0.15) is 0 Å². The maximum absolute atomic E-state index is 12.4. The second-order valence-electron chi connectivity index (χ2n) is 6.62. The van der Waals surface area contributed by atoms with E-state index >= 15 is 0 Å². The smallest absolute Gasteiger partial charge is 0.332 e. The lowest BCUT2D eigenvalue weighted by atomic mass is 10.1. The SMILES string of the molecule is C[C@@H](NC(=O)CCCn1cnc2c1c(=O)n(C)c(=O)n2C)c1ccccc1. The predicted octanol–water partition coefficient (Wildman–Crippen LogP) is 1.09. The van der Waals surface area contributed by atoms with Gasteiger partial charge in [-0.15, -0.1) is 0 Å². The molecule has 2 aromatic heterocycles. The van der Waals surface area contributed by atoms with Crippen molar-refractivity contribution in [3.05, 3.63) is 63.1 Å². The summed E-state index contributed by atoms with van der Waals surface area (Å²) in [6, 6.07) is 9.71. The summed E-state index contributed by atoms with van der Waals surface area (Å²) in [4.78, 5) is 40.7. The van der Waals surface area contributed by atoms with E-state index in [1.165, 1.54) is 17.9 Å². The third kappa shape index (κ3) is 3.69. The molecule has 0 radical (unpaired) electrons. The molecular weight excluding hydrogens is 346 g/mol. The molecule has 27 heavy (non-hydrogen) atoms. The van der Waals surface area contributed by atoms with E-state index in [1.54, 1.807) is 11.6 Å². The Bertz CT molecular complexity index is 1080. The molecule has 0 bridgehead atoms. The van der Waals surface area contributed by atoms with Crippen LogP contribution in [0.4, 0.5) is 0 Å². The zero-order valence-electron chi connectivity index (χ0n) is 15.7. The average Bonchev–Trinajstić information content (AvgIpc) is 3.09. The van der Waals surface area contributed by atoms with Gasteiger partial charge >= 0.3 is 5.69 Å². The van der Waals surface area contributed by atoms with Gasteiger partial charge in [-0.1, -0.05) is 30.3 Å². The summed E-state index contributed by atoms with van der Waals surface area (Å²) in [5, 5.41) is 2.98. The molecule has 3 rings (SSSR count). The zero-order chi connectivity index (χ0) is 19.6. The molecule has 1 N–H and O–H groups in total.